The standard InChI is InChI=1S/C24H23Cl2NO5/c1-29-16-6-4-5-15(11-16)9-10-32-23-17(7-8-21(30-2)24(23)31-3)18(14-28)22-19(25)12-27-13-20(22)26/h4-8,11-14,18H,9-10H2,1-3H3. The average Bonchev–Trinajstić information content (AvgIpc) is 2.81. The molecule has 0 amide bonds. The average molecular weight is 476 g/mol. The fourth-order valence-electron chi connectivity index (χ4n) is 3.42. The van der Waals surface area contributed by atoms with Crippen LogP contribution < -0.4 is 18.9 Å². The lowest BCUT2D eigenvalue weighted by Crippen LogP contribution is -2.11. The second-order valence-corrected chi connectivity index (χ2v) is 7.61. The highest BCUT2D eigenvalue weighted by molar-refractivity contribution is 6.36. The molecule has 0 saturated heterocycles. The molecular weight excluding hydrogens is 453 g/mol. The van der Waals surface area contributed by atoms with Crippen molar-refractivity contribution in [1.29, 1.82) is 0 Å². The summed E-state index contributed by atoms with van der Waals surface area (Å²) >= 11 is 12.7. The van der Waals surface area contributed by atoms with Crippen LogP contribution in [-0.2, 0) is 11.2 Å². The third kappa shape index (κ3) is 5.09. The number of pyridine rings is 1. The number of carbonyl (C=O) groups is 1. The van der Waals surface area contributed by atoms with E-state index in [2.05, 4.69) is 4.98 Å². The van der Waals surface area contributed by atoms with E-state index in [1.54, 1.807) is 19.2 Å². The smallest absolute Gasteiger partial charge is 0.203 e. The van der Waals surface area contributed by atoms with E-state index in [1.165, 1.54) is 26.6 Å². The summed E-state index contributed by atoms with van der Waals surface area (Å²) < 4.78 is 22.4. The molecule has 0 saturated carbocycles. The Bertz CT molecular complexity index is 1070. The number of rotatable bonds is 10. The predicted molar refractivity (Wildman–Crippen MR) is 124 cm³/mol. The van der Waals surface area contributed by atoms with Crippen LogP contribution in [0.1, 0.15) is 22.6 Å². The van der Waals surface area contributed by atoms with Gasteiger partial charge in [0.05, 0.1) is 43.9 Å². The number of aromatic nitrogens is 1. The van der Waals surface area contributed by atoms with E-state index >= 15 is 0 Å². The van der Waals surface area contributed by atoms with Gasteiger partial charge in [-0.25, -0.2) is 0 Å². The molecule has 0 radical (unpaired) electrons. The summed E-state index contributed by atoms with van der Waals surface area (Å²) in [6, 6.07) is 11.2. The summed E-state index contributed by atoms with van der Waals surface area (Å²) in [5.41, 5.74) is 2.04. The fraction of sp³-hybridized carbons (Fsp3) is 0.250. The Kier molecular flexibility index (Phi) is 8.20. The van der Waals surface area contributed by atoms with Gasteiger partial charge >= 0.3 is 0 Å². The van der Waals surface area contributed by atoms with E-state index in [-0.39, 0.29) is 10.0 Å². The lowest BCUT2D eigenvalue weighted by Gasteiger charge is -2.22. The number of benzene rings is 2. The van der Waals surface area contributed by atoms with Gasteiger partial charge in [0.15, 0.2) is 11.5 Å². The van der Waals surface area contributed by atoms with E-state index in [1.807, 2.05) is 24.3 Å². The van der Waals surface area contributed by atoms with Crippen LogP contribution in [0.15, 0.2) is 48.8 Å². The van der Waals surface area contributed by atoms with Crippen molar-refractivity contribution in [3.63, 3.8) is 0 Å². The minimum Gasteiger partial charge on any atom is -0.497 e. The van der Waals surface area contributed by atoms with Crippen molar-refractivity contribution in [2.75, 3.05) is 27.9 Å². The normalized spacial score (nSPS) is 11.5. The number of aldehydes is 1. The molecule has 0 aliphatic heterocycles. The summed E-state index contributed by atoms with van der Waals surface area (Å²) in [6.45, 7) is 0.326. The number of hydrogen-bond donors (Lipinski definition) is 0. The van der Waals surface area contributed by atoms with Gasteiger partial charge in [0.2, 0.25) is 5.75 Å². The fourth-order valence-corrected chi connectivity index (χ4v) is 4.02. The molecule has 1 atom stereocenters. The number of ether oxygens (including phenoxy) is 4. The van der Waals surface area contributed by atoms with Crippen molar-refractivity contribution in [3.8, 4) is 23.0 Å². The molecule has 8 heteroatoms. The van der Waals surface area contributed by atoms with Crippen LogP contribution in [0.4, 0.5) is 0 Å². The summed E-state index contributed by atoms with van der Waals surface area (Å²) in [7, 11) is 4.67. The van der Waals surface area contributed by atoms with E-state index in [9.17, 15) is 4.79 Å². The zero-order chi connectivity index (χ0) is 23.1. The van der Waals surface area contributed by atoms with Crippen molar-refractivity contribution in [2.45, 2.75) is 12.3 Å². The maximum atomic E-state index is 12.2. The molecule has 1 heterocycles. The zero-order valence-electron chi connectivity index (χ0n) is 17.9. The van der Waals surface area contributed by atoms with Crippen LogP contribution in [0.5, 0.6) is 23.0 Å². The van der Waals surface area contributed by atoms with Gasteiger partial charge in [0, 0.05) is 29.9 Å². The van der Waals surface area contributed by atoms with Crippen LogP contribution >= 0.6 is 23.2 Å². The van der Waals surface area contributed by atoms with Gasteiger partial charge in [-0.05, 0) is 23.8 Å². The Labute approximate surface area is 197 Å². The van der Waals surface area contributed by atoms with Gasteiger partial charge in [-0.3, -0.25) is 4.98 Å². The highest BCUT2D eigenvalue weighted by Crippen LogP contribution is 2.45. The Hall–Kier alpha value is -2.96. The minimum atomic E-state index is -0.787. The lowest BCUT2D eigenvalue weighted by molar-refractivity contribution is -0.108. The molecule has 0 aliphatic rings. The van der Waals surface area contributed by atoms with Gasteiger partial charge in [-0.2, -0.15) is 0 Å². The molecule has 1 unspecified atom stereocenters. The number of methoxy groups -OCH3 is 3. The molecule has 3 aromatic rings. The Morgan fingerprint density at radius 3 is 2.34 bits per heavy atom. The van der Waals surface area contributed by atoms with Crippen LogP contribution in [0.2, 0.25) is 10.0 Å². The van der Waals surface area contributed by atoms with E-state index < -0.39 is 5.92 Å². The Morgan fingerprint density at radius 2 is 1.72 bits per heavy atom. The first-order valence-corrected chi connectivity index (χ1v) is 10.5. The first-order valence-electron chi connectivity index (χ1n) is 9.78. The number of hydrogen-bond acceptors (Lipinski definition) is 6. The number of nitrogens with zero attached hydrogens (tertiary/aromatic N) is 1. The van der Waals surface area contributed by atoms with Crippen LogP contribution in [-0.4, -0.2) is 39.2 Å². The molecule has 0 fully saturated rings. The van der Waals surface area contributed by atoms with Gasteiger partial charge in [0.25, 0.3) is 0 Å². The topological polar surface area (TPSA) is 66.9 Å². The van der Waals surface area contributed by atoms with E-state index in [0.717, 1.165) is 17.6 Å². The van der Waals surface area contributed by atoms with Crippen LogP contribution in [0.3, 0.4) is 0 Å². The molecule has 0 spiro atoms. The van der Waals surface area contributed by atoms with Crippen molar-refractivity contribution in [2.24, 2.45) is 0 Å². The first kappa shape index (κ1) is 23.7. The van der Waals surface area contributed by atoms with Gasteiger partial charge in [-0.1, -0.05) is 41.4 Å². The van der Waals surface area contributed by atoms with E-state index in [0.29, 0.717) is 41.4 Å². The third-order valence-electron chi connectivity index (χ3n) is 4.97. The second-order valence-electron chi connectivity index (χ2n) is 6.80. The van der Waals surface area contributed by atoms with E-state index in [4.69, 9.17) is 42.1 Å². The quantitative estimate of drug-likeness (QED) is 0.367. The highest BCUT2D eigenvalue weighted by Gasteiger charge is 2.27. The predicted octanol–water partition coefficient (Wildman–Crippen LogP) is 5.37. The van der Waals surface area contributed by atoms with Crippen molar-refractivity contribution in [1.82, 2.24) is 4.98 Å². The van der Waals surface area contributed by atoms with Gasteiger partial charge in [-0.15, -0.1) is 0 Å². The molecule has 6 nitrogen and oxygen atoms in total. The summed E-state index contributed by atoms with van der Waals surface area (Å²) in [5, 5.41) is 0.568. The Balaban J connectivity index is 2.00. The van der Waals surface area contributed by atoms with Crippen molar-refractivity contribution >= 4 is 29.5 Å². The second kappa shape index (κ2) is 11.1. The Morgan fingerprint density at radius 1 is 0.969 bits per heavy atom. The summed E-state index contributed by atoms with van der Waals surface area (Å²) in [6.07, 6.45) is 4.27. The molecule has 0 bridgehead atoms. The molecule has 1 aromatic heterocycles. The van der Waals surface area contributed by atoms with Crippen molar-refractivity contribution < 1.29 is 23.7 Å². The molecule has 0 N–H and O–H groups in total. The molecule has 0 aliphatic carbocycles. The molecule has 2 aromatic carbocycles. The summed E-state index contributed by atoms with van der Waals surface area (Å²) in [5.74, 6) is 1.22. The molecule has 32 heavy (non-hydrogen) atoms. The summed E-state index contributed by atoms with van der Waals surface area (Å²) in [4.78, 5) is 16.2. The molecule has 168 valence electrons. The van der Waals surface area contributed by atoms with Crippen molar-refractivity contribution in [3.05, 3.63) is 75.5 Å². The maximum Gasteiger partial charge on any atom is 0.203 e. The zero-order valence-corrected chi connectivity index (χ0v) is 19.4. The minimum absolute atomic E-state index is 0.284. The highest BCUT2D eigenvalue weighted by atomic mass is 35.5. The van der Waals surface area contributed by atoms with Gasteiger partial charge in [0.1, 0.15) is 12.0 Å². The first-order chi connectivity index (χ1) is 15.5. The lowest BCUT2D eigenvalue weighted by atomic mass is 9.92. The number of halogens is 2. The van der Waals surface area contributed by atoms with Crippen LogP contribution in [0.25, 0.3) is 0 Å². The number of carbonyl (C=O) groups excluding carboxylic acids is 1. The van der Waals surface area contributed by atoms with Gasteiger partial charge < -0.3 is 23.7 Å². The molecule has 3 rings (SSSR count). The monoisotopic (exact) mass is 475 g/mol. The SMILES string of the molecule is COc1cccc(CCOc2c(C(C=O)c3c(Cl)cncc3Cl)ccc(OC)c2OC)c1. The maximum absolute atomic E-state index is 12.2. The molecular formula is C24H23Cl2NO5. The largest absolute Gasteiger partial charge is 0.497 e. The third-order valence-corrected chi connectivity index (χ3v) is 5.58. The van der Waals surface area contributed by atoms with Crippen LogP contribution in [0, 0.1) is 0 Å².